The Morgan fingerprint density at radius 2 is 0.842 bits per heavy atom. The molecule has 2 rings (SSSR count). The maximum atomic E-state index is 13.4. The van der Waals surface area contributed by atoms with Gasteiger partial charge in [-0.25, -0.2) is 30.7 Å². The van der Waals surface area contributed by atoms with E-state index >= 15 is 0 Å². The van der Waals surface area contributed by atoms with E-state index in [9.17, 15) is 30.7 Å². The molecule has 0 spiro atoms. The van der Waals surface area contributed by atoms with Gasteiger partial charge in [0, 0.05) is 0 Å². The summed E-state index contributed by atoms with van der Waals surface area (Å²) in [6.45, 7) is 0. The monoisotopic (exact) mass is 280 g/mol. The van der Waals surface area contributed by atoms with Gasteiger partial charge < -0.3 is 0 Å². The van der Waals surface area contributed by atoms with E-state index < -0.39 is 51.8 Å². The molecule has 0 radical (unpaired) electrons. The van der Waals surface area contributed by atoms with E-state index in [-0.39, 0.29) is 0 Å². The normalized spacial score (nSPS) is 10.9. The Morgan fingerprint density at radius 3 is 1.26 bits per heavy atom. The molecule has 0 fully saturated rings. The maximum absolute atomic E-state index is 13.4. The van der Waals surface area contributed by atoms with E-state index in [4.69, 9.17) is 0 Å². The van der Waals surface area contributed by atoms with Crippen LogP contribution < -0.4 is 0 Å². The zero-order chi connectivity index (χ0) is 14.3. The van der Waals surface area contributed by atoms with Crippen molar-refractivity contribution in [1.29, 1.82) is 0 Å². The van der Waals surface area contributed by atoms with Crippen molar-refractivity contribution in [2.45, 2.75) is 0 Å². The second-order valence-electron chi connectivity index (χ2n) is 3.54. The molecular weight excluding hydrogens is 277 g/mol. The quantitative estimate of drug-likeness (QED) is 0.414. The predicted molar refractivity (Wildman–Crippen MR) is 51.6 cm³/mol. The topological polar surface area (TPSA) is 0 Å². The zero-order valence-electron chi connectivity index (χ0n) is 8.88. The van der Waals surface area contributed by atoms with E-state index in [0.717, 1.165) is 6.07 Å². The Labute approximate surface area is 102 Å². The van der Waals surface area contributed by atoms with Crippen molar-refractivity contribution in [3.05, 3.63) is 58.9 Å². The van der Waals surface area contributed by atoms with E-state index in [1.165, 1.54) is 0 Å². The van der Waals surface area contributed by atoms with Gasteiger partial charge in [0.15, 0.2) is 23.3 Å². The Morgan fingerprint density at radius 1 is 0.474 bits per heavy atom. The summed E-state index contributed by atoms with van der Waals surface area (Å²) in [7, 11) is 0. The molecule has 0 saturated carbocycles. The zero-order valence-corrected chi connectivity index (χ0v) is 8.88. The van der Waals surface area contributed by atoms with Crippen LogP contribution in [0.25, 0.3) is 11.1 Å². The van der Waals surface area contributed by atoms with Crippen LogP contribution in [0.1, 0.15) is 0 Å². The Balaban J connectivity index is 2.92. The smallest absolute Gasteiger partial charge is 0.200 e. The lowest BCUT2D eigenvalue weighted by Crippen LogP contribution is -2.06. The molecule has 2 aromatic rings. The molecule has 0 saturated heterocycles. The fourth-order valence-electron chi connectivity index (χ4n) is 1.56. The molecule has 100 valence electrons. The third-order valence-corrected chi connectivity index (χ3v) is 2.42. The maximum Gasteiger partial charge on any atom is 0.200 e. The van der Waals surface area contributed by atoms with Crippen LogP contribution in [0.15, 0.2) is 18.2 Å². The summed E-state index contributed by atoms with van der Waals surface area (Å²) in [5.41, 5.74) is -2.94. The summed E-state index contributed by atoms with van der Waals surface area (Å²) in [4.78, 5) is 0. The second-order valence-corrected chi connectivity index (χ2v) is 3.54. The fourth-order valence-corrected chi connectivity index (χ4v) is 1.56. The van der Waals surface area contributed by atoms with Crippen molar-refractivity contribution in [3.8, 4) is 11.1 Å². The number of benzene rings is 2. The first-order valence-electron chi connectivity index (χ1n) is 4.82. The largest absolute Gasteiger partial charge is 0.206 e. The lowest BCUT2D eigenvalue weighted by atomic mass is 10.0. The first-order chi connectivity index (χ1) is 8.86. The molecule has 0 nitrogen and oxygen atoms in total. The van der Waals surface area contributed by atoms with Crippen molar-refractivity contribution >= 4 is 0 Å². The van der Waals surface area contributed by atoms with Gasteiger partial charge in [-0.15, -0.1) is 0 Å². The molecular formula is C12H3F7. The van der Waals surface area contributed by atoms with Gasteiger partial charge in [-0.2, -0.15) is 0 Å². The molecule has 0 atom stereocenters. The summed E-state index contributed by atoms with van der Waals surface area (Å²) in [6, 6.07) is 2.16. The van der Waals surface area contributed by atoms with Crippen molar-refractivity contribution < 1.29 is 30.7 Å². The van der Waals surface area contributed by atoms with Crippen LogP contribution in [-0.4, -0.2) is 0 Å². The Kier molecular flexibility index (Phi) is 3.21. The van der Waals surface area contributed by atoms with Gasteiger partial charge in [0.25, 0.3) is 0 Å². The number of hydrogen-bond acceptors (Lipinski definition) is 0. The third-order valence-electron chi connectivity index (χ3n) is 2.42. The lowest BCUT2D eigenvalue weighted by Gasteiger charge is -2.10. The van der Waals surface area contributed by atoms with Crippen LogP contribution in [0, 0.1) is 40.7 Å². The molecule has 0 aliphatic heterocycles. The van der Waals surface area contributed by atoms with Crippen molar-refractivity contribution in [2.24, 2.45) is 0 Å². The van der Waals surface area contributed by atoms with Gasteiger partial charge in [0.05, 0.1) is 11.1 Å². The lowest BCUT2D eigenvalue weighted by molar-refractivity contribution is 0.380. The molecule has 0 heterocycles. The summed E-state index contributed by atoms with van der Waals surface area (Å²) in [5, 5.41) is 0. The van der Waals surface area contributed by atoms with Crippen LogP contribution >= 0.6 is 0 Å². The average Bonchev–Trinajstić information content (AvgIpc) is 2.37. The molecule has 2 aromatic carbocycles. The minimum atomic E-state index is -2.39. The average molecular weight is 280 g/mol. The van der Waals surface area contributed by atoms with Gasteiger partial charge in [0.2, 0.25) is 5.82 Å². The predicted octanol–water partition coefficient (Wildman–Crippen LogP) is 4.33. The highest BCUT2D eigenvalue weighted by Gasteiger charge is 2.29. The molecule has 0 unspecified atom stereocenters. The van der Waals surface area contributed by atoms with E-state index in [1.807, 2.05) is 0 Å². The fraction of sp³-hybridized carbons (Fsp3) is 0. The van der Waals surface area contributed by atoms with E-state index in [0.29, 0.717) is 12.1 Å². The van der Waals surface area contributed by atoms with Crippen LogP contribution in [0.2, 0.25) is 0 Å². The standard InChI is InChI=1S/C12H3F7/c13-4-2-1-3-5(14)6(4)7-8(15)10(17)12(19)11(18)9(7)16/h1-3H. The minimum absolute atomic E-state index is 0.635. The Bertz CT molecular complexity index is 614. The molecule has 0 aliphatic rings. The molecule has 0 aliphatic carbocycles. The van der Waals surface area contributed by atoms with E-state index in [2.05, 4.69) is 0 Å². The highest BCUT2D eigenvalue weighted by molar-refractivity contribution is 5.66. The number of rotatable bonds is 1. The van der Waals surface area contributed by atoms with Crippen molar-refractivity contribution in [3.63, 3.8) is 0 Å². The summed E-state index contributed by atoms with van der Waals surface area (Å²) in [5.74, 6) is -14.4. The highest BCUT2D eigenvalue weighted by atomic mass is 19.2. The van der Waals surface area contributed by atoms with Crippen molar-refractivity contribution in [2.75, 3.05) is 0 Å². The molecule has 0 N–H and O–H groups in total. The summed E-state index contributed by atoms with van der Waals surface area (Å²) >= 11 is 0. The van der Waals surface area contributed by atoms with Crippen LogP contribution in [0.4, 0.5) is 30.7 Å². The number of halogens is 7. The van der Waals surface area contributed by atoms with Crippen LogP contribution in [0.3, 0.4) is 0 Å². The molecule has 7 heteroatoms. The summed E-state index contributed by atoms with van der Waals surface area (Å²) in [6.07, 6.45) is 0. The molecule has 0 amide bonds. The van der Waals surface area contributed by atoms with Crippen LogP contribution in [-0.2, 0) is 0 Å². The SMILES string of the molecule is Fc1cccc(F)c1-c1c(F)c(F)c(F)c(F)c1F. The minimum Gasteiger partial charge on any atom is -0.206 e. The van der Waals surface area contributed by atoms with Gasteiger partial charge in [-0.1, -0.05) is 6.07 Å². The second kappa shape index (κ2) is 4.56. The van der Waals surface area contributed by atoms with Gasteiger partial charge >= 0.3 is 0 Å². The number of hydrogen-bond donors (Lipinski definition) is 0. The van der Waals surface area contributed by atoms with E-state index in [1.54, 1.807) is 0 Å². The molecule has 19 heavy (non-hydrogen) atoms. The first-order valence-corrected chi connectivity index (χ1v) is 4.82. The van der Waals surface area contributed by atoms with Crippen molar-refractivity contribution in [1.82, 2.24) is 0 Å². The van der Waals surface area contributed by atoms with Crippen LogP contribution in [0.5, 0.6) is 0 Å². The van der Waals surface area contributed by atoms with Gasteiger partial charge in [0.1, 0.15) is 11.6 Å². The molecule has 0 bridgehead atoms. The van der Waals surface area contributed by atoms with Gasteiger partial charge in [-0.3, -0.25) is 0 Å². The summed E-state index contributed by atoms with van der Waals surface area (Å²) < 4.78 is 92.2. The highest BCUT2D eigenvalue weighted by Crippen LogP contribution is 2.34. The van der Waals surface area contributed by atoms with Gasteiger partial charge in [-0.05, 0) is 12.1 Å². The third kappa shape index (κ3) is 1.94. The first kappa shape index (κ1) is 13.4. The molecule has 0 aromatic heterocycles. The Hall–Kier alpha value is -2.05.